The molecule has 0 amide bonds. The lowest BCUT2D eigenvalue weighted by molar-refractivity contribution is -0.149. The van der Waals surface area contributed by atoms with Crippen LogP contribution in [-0.2, 0) is 9.53 Å². The highest BCUT2D eigenvalue weighted by Gasteiger charge is 2.25. The van der Waals surface area contributed by atoms with E-state index in [1.54, 1.807) is 32.2 Å². The molecule has 6 nitrogen and oxygen atoms in total. The van der Waals surface area contributed by atoms with E-state index in [0.717, 1.165) is 22.3 Å². The minimum Gasteiger partial charge on any atom is -0.497 e. The predicted molar refractivity (Wildman–Crippen MR) is 121 cm³/mol. The van der Waals surface area contributed by atoms with E-state index in [1.165, 1.54) is 13.2 Å². The van der Waals surface area contributed by atoms with Crippen LogP contribution >= 0.6 is 0 Å². The Labute approximate surface area is 185 Å². The second-order valence-electron chi connectivity index (χ2n) is 7.20. The van der Waals surface area contributed by atoms with Gasteiger partial charge in [-0.05, 0) is 42.3 Å². The van der Waals surface area contributed by atoms with Gasteiger partial charge in [-0.25, -0.2) is 9.59 Å². The Morgan fingerprint density at radius 2 is 1.66 bits per heavy atom. The van der Waals surface area contributed by atoms with Gasteiger partial charge >= 0.3 is 11.6 Å². The van der Waals surface area contributed by atoms with Gasteiger partial charge in [0, 0.05) is 22.6 Å². The van der Waals surface area contributed by atoms with E-state index < -0.39 is 17.7 Å². The molecule has 0 aliphatic rings. The maximum atomic E-state index is 12.4. The normalized spacial score (nSPS) is 11.7. The average molecular weight is 430 g/mol. The number of carbonyl (C=O) groups is 1. The monoisotopic (exact) mass is 430 g/mol. The van der Waals surface area contributed by atoms with Crippen molar-refractivity contribution in [2.75, 3.05) is 14.2 Å². The molecule has 0 N–H and O–H groups in total. The highest BCUT2D eigenvalue weighted by atomic mass is 16.6. The van der Waals surface area contributed by atoms with Gasteiger partial charge in [0.15, 0.2) is 0 Å². The Kier molecular flexibility index (Phi) is 5.94. The molecule has 0 aliphatic heterocycles. The molecule has 0 spiro atoms. The number of esters is 1. The molecule has 1 atom stereocenters. The van der Waals surface area contributed by atoms with Crippen LogP contribution in [0.15, 0.2) is 82.0 Å². The highest BCUT2D eigenvalue weighted by Crippen LogP contribution is 2.35. The molecule has 0 fully saturated rings. The molecule has 4 aromatic rings. The van der Waals surface area contributed by atoms with Crippen molar-refractivity contribution >= 4 is 16.9 Å². The molecule has 6 heteroatoms. The zero-order chi connectivity index (χ0) is 22.7. The van der Waals surface area contributed by atoms with Crippen LogP contribution in [0.5, 0.6) is 11.5 Å². The molecule has 32 heavy (non-hydrogen) atoms. The molecule has 3 aromatic carbocycles. The third-order valence-corrected chi connectivity index (χ3v) is 5.27. The first-order valence-corrected chi connectivity index (χ1v) is 10.0. The van der Waals surface area contributed by atoms with Crippen molar-refractivity contribution in [2.45, 2.75) is 13.0 Å². The first-order valence-electron chi connectivity index (χ1n) is 10.0. The maximum absolute atomic E-state index is 12.4. The van der Waals surface area contributed by atoms with Gasteiger partial charge in [0.25, 0.3) is 0 Å². The number of fused-ring (bicyclic) bond motifs is 1. The smallest absolute Gasteiger partial charge is 0.351 e. The van der Waals surface area contributed by atoms with Crippen LogP contribution < -0.4 is 15.1 Å². The summed E-state index contributed by atoms with van der Waals surface area (Å²) in [7, 11) is 2.92. The van der Waals surface area contributed by atoms with E-state index in [1.807, 2.05) is 48.5 Å². The molecule has 0 saturated carbocycles. The van der Waals surface area contributed by atoms with Gasteiger partial charge in [-0.3, -0.25) is 0 Å². The fourth-order valence-electron chi connectivity index (χ4n) is 3.59. The number of aryl methyl sites for hydroxylation is 1. The summed E-state index contributed by atoms with van der Waals surface area (Å²) < 4.78 is 21.7. The number of methoxy groups -OCH3 is 2. The van der Waals surface area contributed by atoms with Gasteiger partial charge in [0.2, 0.25) is 6.10 Å². The number of benzene rings is 3. The Morgan fingerprint density at radius 3 is 2.31 bits per heavy atom. The first kappa shape index (κ1) is 21.2. The van der Waals surface area contributed by atoms with Crippen LogP contribution in [0.2, 0.25) is 0 Å². The topological polar surface area (TPSA) is 75.0 Å². The quantitative estimate of drug-likeness (QED) is 0.314. The number of hydrogen-bond donors (Lipinski definition) is 0. The molecule has 0 bridgehead atoms. The Bertz CT molecular complexity index is 1310. The number of rotatable bonds is 6. The van der Waals surface area contributed by atoms with Gasteiger partial charge in [0.1, 0.15) is 17.1 Å². The van der Waals surface area contributed by atoms with Gasteiger partial charge in [-0.2, -0.15) is 0 Å². The number of ether oxygens (including phenoxy) is 3. The third-order valence-electron chi connectivity index (χ3n) is 5.27. The molecule has 0 saturated heterocycles. The number of hydrogen-bond acceptors (Lipinski definition) is 6. The molecule has 162 valence electrons. The van der Waals surface area contributed by atoms with Crippen LogP contribution in [0.3, 0.4) is 0 Å². The SMILES string of the molecule is COC(=O)[C@H](Oc1ccc2c(-c3ccc(OC)cc3)cc(=O)oc2c1C)c1ccccc1. The molecular formula is C26H22O6. The van der Waals surface area contributed by atoms with Crippen LogP contribution in [0.4, 0.5) is 0 Å². The van der Waals surface area contributed by atoms with Crippen molar-refractivity contribution in [1.82, 2.24) is 0 Å². The Balaban J connectivity index is 1.80. The largest absolute Gasteiger partial charge is 0.497 e. The van der Waals surface area contributed by atoms with Gasteiger partial charge in [0.05, 0.1) is 14.2 Å². The lowest BCUT2D eigenvalue weighted by Gasteiger charge is -2.19. The van der Waals surface area contributed by atoms with Gasteiger partial charge in [-0.1, -0.05) is 42.5 Å². The fourth-order valence-corrected chi connectivity index (χ4v) is 3.59. The first-order chi connectivity index (χ1) is 15.5. The van der Waals surface area contributed by atoms with E-state index in [0.29, 0.717) is 22.5 Å². The number of carbonyl (C=O) groups excluding carboxylic acids is 1. The van der Waals surface area contributed by atoms with Crippen molar-refractivity contribution in [2.24, 2.45) is 0 Å². The zero-order valence-corrected chi connectivity index (χ0v) is 18.0. The summed E-state index contributed by atoms with van der Waals surface area (Å²) in [5.74, 6) is 0.624. The second-order valence-corrected chi connectivity index (χ2v) is 7.20. The Morgan fingerprint density at radius 1 is 0.938 bits per heavy atom. The van der Waals surface area contributed by atoms with Crippen molar-refractivity contribution < 1.29 is 23.4 Å². The fraction of sp³-hybridized carbons (Fsp3) is 0.154. The van der Waals surface area contributed by atoms with E-state index >= 15 is 0 Å². The molecule has 0 unspecified atom stereocenters. The zero-order valence-electron chi connectivity index (χ0n) is 18.0. The standard InChI is InChI=1S/C26H22O6/c1-16-22(31-25(26(28)30-3)18-7-5-4-6-8-18)14-13-20-21(15-23(27)32-24(16)20)17-9-11-19(29-2)12-10-17/h4-15,25H,1-3H3/t25-/m1/s1. The molecule has 0 aliphatic carbocycles. The summed E-state index contributed by atoms with van der Waals surface area (Å²) in [4.78, 5) is 24.8. The average Bonchev–Trinajstić information content (AvgIpc) is 2.83. The lowest BCUT2D eigenvalue weighted by Crippen LogP contribution is -2.20. The molecular weight excluding hydrogens is 408 g/mol. The minimum atomic E-state index is -0.950. The van der Waals surface area contributed by atoms with Crippen molar-refractivity contribution in [3.63, 3.8) is 0 Å². The molecule has 1 aromatic heterocycles. The van der Waals surface area contributed by atoms with Gasteiger partial charge < -0.3 is 18.6 Å². The summed E-state index contributed by atoms with van der Waals surface area (Å²) in [5.41, 5.74) is 2.79. The predicted octanol–water partition coefficient (Wildman–Crippen LogP) is 5.07. The molecule has 0 radical (unpaired) electrons. The lowest BCUT2D eigenvalue weighted by atomic mass is 10.00. The summed E-state index contributed by atoms with van der Waals surface area (Å²) >= 11 is 0. The minimum absolute atomic E-state index is 0.400. The summed E-state index contributed by atoms with van der Waals surface area (Å²) in [5, 5.41) is 0.758. The van der Waals surface area contributed by atoms with Crippen molar-refractivity contribution in [3.8, 4) is 22.6 Å². The van der Waals surface area contributed by atoms with E-state index in [4.69, 9.17) is 18.6 Å². The maximum Gasteiger partial charge on any atom is 0.351 e. The highest BCUT2D eigenvalue weighted by molar-refractivity contribution is 5.95. The summed E-state index contributed by atoms with van der Waals surface area (Å²) in [6, 6.07) is 21.6. The van der Waals surface area contributed by atoms with E-state index in [2.05, 4.69) is 0 Å². The van der Waals surface area contributed by atoms with Crippen LogP contribution in [0.25, 0.3) is 22.1 Å². The summed E-state index contributed by atoms with van der Waals surface area (Å²) in [6.07, 6.45) is -0.950. The summed E-state index contributed by atoms with van der Waals surface area (Å²) in [6.45, 7) is 1.79. The Hall–Kier alpha value is -4.06. The van der Waals surface area contributed by atoms with Crippen LogP contribution in [0, 0.1) is 6.92 Å². The molecule has 1 heterocycles. The van der Waals surface area contributed by atoms with Crippen molar-refractivity contribution in [1.29, 1.82) is 0 Å². The van der Waals surface area contributed by atoms with Gasteiger partial charge in [-0.15, -0.1) is 0 Å². The van der Waals surface area contributed by atoms with Crippen LogP contribution in [-0.4, -0.2) is 20.2 Å². The third kappa shape index (κ3) is 4.07. The van der Waals surface area contributed by atoms with E-state index in [-0.39, 0.29) is 0 Å². The van der Waals surface area contributed by atoms with E-state index in [9.17, 15) is 9.59 Å². The van der Waals surface area contributed by atoms with Crippen LogP contribution in [0.1, 0.15) is 17.2 Å². The second kappa shape index (κ2) is 8.98. The molecule has 4 rings (SSSR count). The van der Waals surface area contributed by atoms with Crippen molar-refractivity contribution in [3.05, 3.63) is 94.3 Å².